The Morgan fingerprint density at radius 3 is 2.44 bits per heavy atom. The van der Waals surface area contributed by atoms with E-state index in [0.717, 1.165) is 31.0 Å². The Morgan fingerprint density at radius 1 is 1.19 bits per heavy atom. The first kappa shape index (κ1) is 11.3. The second-order valence-corrected chi connectivity index (χ2v) is 4.17. The van der Waals surface area contributed by atoms with Crippen LogP contribution in [0.2, 0.25) is 0 Å². The van der Waals surface area contributed by atoms with Crippen molar-refractivity contribution in [3.05, 3.63) is 29.8 Å². The fourth-order valence-electron chi connectivity index (χ4n) is 1.70. The molecule has 16 heavy (non-hydrogen) atoms. The van der Waals surface area contributed by atoms with Crippen LogP contribution in [0.5, 0.6) is 5.75 Å². The van der Waals surface area contributed by atoms with Gasteiger partial charge in [-0.1, -0.05) is 6.92 Å². The second kappa shape index (κ2) is 4.78. The third-order valence-corrected chi connectivity index (χ3v) is 2.57. The van der Waals surface area contributed by atoms with Gasteiger partial charge in [-0.3, -0.25) is 0 Å². The molecule has 1 saturated heterocycles. The molecule has 1 aromatic rings. The van der Waals surface area contributed by atoms with Crippen LogP contribution in [0.15, 0.2) is 18.2 Å². The normalized spacial score (nSPS) is 25.4. The number of benzene rings is 1. The Bertz CT molecular complexity index is 340. The van der Waals surface area contributed by atoms with Crippen molar-refractivity contribution in [1.82, 2.24) is 0 Å². The number of halogens is 2. The molecule has 4 heteroatoms. The average Bonchev–Trinajstić information content (AvgIpc) is 2.20. The van der Waals surface area contributed by atoms with Gasteiger partial charge in [0.25, 0.3) is 0 Å². The summed E-state index contributed by atoms with van der Waals surface area (Å²) < 4.78 is 36.5. The van der Waals surface area contributed by atoms with Crippen molar-refractivity contribution in [3.8, 4) is 5.75 Å². The lowest BCUT2D eigenvalue weighted by Crippen LogP contribution is -2.29. The zero-order chi connectivity index (χ0) is 11.5. The van der Waals surface area contributed by atoms with Crippen molar-refractivity contribution < 1.29 is 18.3 Å². The Morgan fingerprint density at radius 2 is 1.88 bits per heavy atom. The zero-order valence-electron chi connectivity index (χ0n) is 9.08. The first-order valence-electron chi connectivity index (χ1n) is 5.38. The minimum Gasteiger partial charge on any atom is -0.465 e. The van der Waals surface area contributed by atoms with Gasteiger partial charge in [-0.15, -0.1) is 0 Å². The minimum atomic E-state index is -0.640. The predicted molar refractivity (Wildman–Crippen MR) is 55.1 cm³/mol. The van der Waals surface area contributed by atoms with E-state index in [4.69, 9.17) is 9.47 Å². The van der Waals surface area contributed by atoms with Gasteiger partial charge < -0.3 is 9.47 Å². The molecular formula is C12H14F2O2. The van der Waals surface area contributed by atoms with Crippen LogP contribution in [0, 0.1) is 17.6 Å². The summed E-state index contributed by atoms with van der Waals surface area (Å²) in [5.41, 5.74) is 0. The lowest BCUT2D eigenvalue weighted by Gasteiger charge is -2.27. The minimum absolute atomic E-state index is 0.178. The van der Waals surface area contributed by atoms with Gasteiger partial charge in [-0.2, -0.15) is 0 Å². The van der Waals surface area contributed by atoms with Crippen LogP contribution in [0.25, 0.3) is 0 Å². The van der Waals surface area contributed by atoms with E-state index in [2.05, 4.69) is 6.92 Å². The Hall–Kier alpha value is -1.16. The summed E-state index contributed by atoms with van der Waals surface area (Å²) in [4.78, 5) is 0. The maximum atomic E-state index is 12.9. The molecule has 0 saturated carbocycles. The number of hydrogen-bond acceptors (Lipinski definition) is 2. The molecule has 1 aliphatic heterocycles. The maximum Gasteiger partial charge on any atom is 0.199 e. The summed E-state index contributed by atoms with van der Waals surface area (Å²) in [6, 6.07) is 3.13. The van der Waals surface area contributed by atoms with Gasteiger partial charge in [0.1, 0.15) is 17.4 Å². The highest BCUT2D eigenvalue weighted by molar-refractivity contribution is 5.23. The smallest absolute Gasteiger partial charge is 0.199 e. The Labute approximate surface area is 93.2 Å². The molecule has 2 rings (SSSR count). The molecule has 0 N–H and O–H groups in total. The van der Waals surface area contributed by atoms with E-state index in [0.29, 0.717) is 12.5 Å². The summed E-state index contributed by atoms with van der Waals surface area (Å²) in [5.74, 6) is -0.584. The molecule has 1 heterocycles. The van der Waals surface area contributed by atoms with Gasteiger partial charge in [-0.05, 0) is 12.3 Å². The summed E-state index contributed by atoms with van der Waals surface area (Å²) in [5, 5.41) is 0. The molecule has 0 amide bonds. The molecule has 2 nitrogen and oxygen atoms in total. The van der Waals surface area contributed by atoms with E-state index in [1.165, 1.54) is 0 Å². The molecule has 0 radical (unpaired) electrons. The van der Waals surface area contributed by atoms with Crippen molar-refractivity contribution in [1.29, 1.82) is 0 Å². The SMILES string of the molecule is CC1CCC(Oc2cc(F)cc(F)c2)OC1. The van der Waals surface area contributed by atoms with E-state index < -0.39 is 17.9 Å². The monoisotopic (exact) mass is 228 g/mol. The van der Waals surface area contributed by atoms with Gasteiger partial charge in [0.2, 0.25) is 0 Å². The number of rotatable bonds is 2. The van der Waals surface area contributed by atoms with Crippen molar-refractivity contribution >= 4 is 0 Å². The van der Waals surface area contributed by atoms with E-state index >= 15 is 0 Å². The van der Waals surface area contributed by atoms with E-state index in [9.17, 15) is 8.78 Å². The van der Waals surface area contributed by atoms with E-state index in [-0.39, 0.29) is 5.75 Å². The predicted octanol–water partition coefficient (Wildman–Crippen LogP) is 3.12. The van der Waals surface area contributed by atoms with E-state index in [1.807, 2.05) is 0 Å². The highest BCUT2D eigenvalue weighted by Gasteiger charge is 2.20. The van der Waals surface area contributed by atoms with Crippen molar-refractivity contribution in [2.24, 2.45) is 5.92 Å². The molecule has 0 aliphatic carbocycles. The average molecular weight is 228 g/mol. The van der Waals surface area contributed by atoms with Gasteiger partial charge >= 0.3 is 0 Å². The molecule has 0 aromatic heterocycles. The first-order valence-corrected chi connectivity index (χ1v) is 5.38. The summed E-state index contributed by atoms with van der Waals surface area (Å²) >= 11 is 0. The highest BCUT2D eigenvalue weighted by Crippen LogP contribution is 2.23. The third-order valence-electron chi connectivity index (χ3n) is 2.57. The lowest BCUT2D eigenvalue weighted by molar-refractivity contribution is -0.121. The second-order valence-electron chi connectivity index (χ2n) is 4.17. The van der Waals surface area contributed by atoms with Crippen molar-refractivity contribution in [3.63, 3.8) is 0 Å². The molecule has 2 atom stereocenters. The van der Waals surface area contributed by atoms with Crippen LogP contribution in [-0.2, 0) is 4.74 Å². The lowest BCUT2D eigenvalue weighted by atomic mass is 10.0. The van der Waals surface area contributed by atoms with Gasteiger partial charge in [0, 0.05) is 24.6 Å². The van der Waals surface area contributed by atoms with Crippen LogP contribution in [0.4, 0.5) is 8.78 Å². The topological polar surface area (TPSA) is 18.5 Å². The highest BCUT2D eigenvalue weighted by atomic mass is 19.1. The summed E-state index contributed by atoms with van der Waals surface area (Å²) in [6.45, 7) is 2.72. The standard InChI is InChI=1S/C12H14F2O2/c1-8-2-3-12(15-7-8)16-11-5-9(13)4-10(14)6-11/h4-6,8,12H,2-3,7H2,1H3. The molecule has 0 bridgehead atoms. The van der Waals surface area contributed by atoms with Crippen LogP contribution in [0.3, 0.4) is 0 Å². The summed E-state index contributed by atoms with van der Waals surface area (Å²) in [7, 11) is 0. The largest absolute Gasteiger partial charge is 0.465 e. The van der Waals surface area contributed by atoms with Crippen LogP contribution >= 0.6 is 0 Å². The van der Waals surface area contributed by atoms with Gasteiger partial charge in [0.15, 0.2) is 6.29 Å². The van der Waals surface area contributed by atoms with Crippen LogP contribution in [0.1, 0.15) is 19.8 Å². The van der Waals surface area contributed by atoms with Gasteiger partial charge in [-0.25, -0.2) is 8.78 Å². The van der Waals surface area contributed by atoms with Gasteiger partial charge in [0.05, 0.1) is 6.61 Å². The molecule has 1 aliphatic rings. The van der Waals surface area contributed by atoms with E-state index in [1.54, 1.807) is 0 Å². The quantitative estimate of drug-likeness (QED) is 0.774. The Balaban J connectivity index is 1.98. The molecule has 2 unspecified atom stereocenters. The summed E-state index contributed by atoms with van der Waals surface area (Å²) in [6.07, 6.45) is 1.36. The zero-order valence-corrected chi connectivity index (χ0v) is 9.08. The maximum absolute atomic E-state index is 12.9. The number of ether oxygens (including phenoxy) is 2. The number of hydrogen-bond donors (Lipinski definition) is 0. The Kier molecular flexibility index (Phi) is 3.39. The van der Waals surface area contributed by atoms with Crippen molar-refractivity contribution in [2.75, 3.05) is 6.61 Å². The third kappa shape index (κ3) is 2.92. The molecular weight excluding hydrogens is 214 g/mol. The molecule has 0 spiro atoms. The molecule has 88 valence electrons. The van der Waals surface area contributed by atoms with Crippen molar-refractivity contribution in [2.45, 2.75) is 26.1 Å². The first-order chi connectivity index (χ1) is 7.63. The van der Waals surface area contributed by atoms with Crippen LogP contribution < -0.4 is 4.74 Å². The van der Waals surface area contributed by atoms with Crippen LogP contribution in [-0.4, -0.2) is 12.9 Å². The fraction of sp³-hybridized carbons (Fsp3) is 0.500. The fourth-order valence-corrected chi connectivity index (χ4v) is 1.70. The molecule has 1 fully saturated rings. The molecule has 1 aromatic carbocycles.